The maximum absolute atomic E-state index is 12.8. The van der Waals surface area contributed by atoms with Crippen LogP contribution in [0.3, 0.4) is 0 Å². The van der Waals surface area contributed by atoms with Crippen molar-refractivity contribution in [1.82, 2.24) is 35.4 Å². The van der Waals surface area contributed by atoms with Crippen molar-refractivity contribution in [2.75, 3.05) is 26.2 Å². The summed E-state index contributed by atoms with van der Waals surface area (Å²) in [6.07, 6.45) is 11.4. The van der Waals surface area contributed by atoms with Gasteiger partial charge in [0, 0.05) is 62.9 Å². The second-order valence-corrected chi connectivity index (χ2v) is 19.5. The van der Waals surface area contributed by atoms with Crippen molar-refractivity contribution in [2.24, 2.45) is 5.92 Å². The van der Waals surface area contributed by atoms with E-state index in [1.54, 1.807) is 34.4 Å². The summed E-state index contributed by atoms with van der Waals surface area (Å²) < 4.78 is 8.42. The number of carbonyl (C=O) groups excluding carboxylic acids is 4. The zero-order valence-corrected chi connectivity index (χ0v) is 42.2. The van der Waals surface area contributed by atoms with Gasteiger partial charge in [-0.15, -0.1) is 11.3 Å². The highest BCUT2D eigenvalue weighted by Crippen LogP contribution is 2.30. The molecule has 68 heavy (non-hydrogen) atoms. The number of aliphatic hydroxyl groups is 1. The predicted octanol–water partition coefficient (Wildman–Crippen LogP) is 9.51. The van der Waals surface area contributed by atoms with Gasteiger partial charge in [-0.25, -0.2) is 9.97 Å². The van der Waals surface area contributed by atoms with Gasteiger partial charge in [-0.2, -0.15) is 0 Å². The Hall–Kier alpha value is -5.28. The Balaban J connectivity index is 0.000000357. The van der Waals surface area contributed by atoms with Gasteiger partial charge in [0.15, 0.2) is 0 Å². The molecule has 0 saturated carbocycles. The van der Waals surface area contributed by atoms with E-state index < -0.39 is 6.10 Å². The minimum absolute atomic E-state index is 0.00751. The number of β-amino-alcohol motifs (C(OH)–C–C–N with tert-alkyl or cyclic N) is 1. The lowest BCUT2D eigenvalue weighted by molar-refractivity contribution is -0.132. The first-order valence-electron chi connectivity index (χ1n) is 23.7. The van der Waals surface area contributed by atoms with E-state index in [4.69, 9.17) is 32.9 Å². The van der Waals surface area contributed by atoms with E-state index in [-0.39, 0.29) is 30.7 Å². The largest absolute Gasteiger partial charge is 0.493 e. The second kappa shape index (κ2) is 28.3. The number of aryl methyl sites for hydroxylation is 3. The van der Waals surface area contributed by atoms with Crippen LogP contribution < -0.4 is 20.7 Å². The third kappa shape index (κ3) is 18.0. The van der Waals surface area contributed by atoms with Gasteiger partial charge in [-0.1, -0.05) is 100.0 Å². The number of hydrogen-bond acceptors (Lipinski definition) is 9. The zero-order valence-electron chi connectivity index (χ0n) is 39.8. The molecule has 4 N–H and O–H groups in total. The first kappa shape index (κ1) is 53.7. The average Bonchev–Trinajstić information content (AvgIpc) is 4.14. The van der Waals surface area contributed by atoms with Gasteiger partial charge in [0.05, 0.1) is 57.5 Å². The number of benzene rings is 3. The number of amides is 4. The van der Waals surface area contributed by atoms with Crippen molar-refractivity contribution in [3.05, 3.63) is 111 Å². The Kier molecular flexibility index (Phi) is 22.3. The van der Waals surface area contributed by atoms with E-state index in [9.17, 15) is 24.3 Å². The van der Waals surface area contributed by atoms with Crippen LogP contribution in [0.5, 0.6) is 5.75 Å². The number of aliphatic hydroxyl groups excluding tert-OH is 1. The Labute approximate surface area is 415 Å². The van der Waals surface area contributed by atoms with Gasteiger partial charge in [0.25, 0.3) is 0 Å². The molecule has 3 aromatic carbocycles. The highest BCUT2D eigenvalue weighted by Gasteiger charge is 2.24. The summed E-state index contributed by atoms with van der Waals surface area (Å²) in [6, 6.07) is 19.4. The van der Waals surface area contributed by atoms with Crippen molar-refractivity contribution in [1.29, 1.82) is 0 Å². The monoisotopic (exact) mass is 987 g/mol. The van der Waals surface area contributed by atoms with Crippen LogP contribution in [0.1, 0.15) is 107 Å². The predicted molar refractivity (Wildman–Crippen MR) is 272 cm³/mol. The number of fused-ring (bicyclic) bond motifs is 1. The molecule has 366 valence electrons. The number of rotatable bonds is 21. The topological polar surface area (TPSA) is 168 Å². The second-order valence-electron chi connectivity index (χ2n) is 17.8. The van der Waals surface area contributed by atoms with Crippen LogP contribution >= 0.6 is 34.5 Å². The SMILES string of the molecule is CC(C)C.Cc1ncsc1-c1ccc(CNC=O)cc1.O=C(CCCCCCCCOc1ccc(-c2cn3c(n2)CCC3)cc1CNC(=O)Cc1ccc(Cl)c(Cl)c1)NCC(=O)N1CCC(O)C1. The van der Waals surface area contributed by atoms with Crippen LogP contribution in [0.25, 0.3) is 21.7 Å². The number of nitrogens with one attached hydrogen (secondary N) is 3. The van der Waals surface area contributed by atoms with Crippen molar-refractivity contribution < 1.29 is 29.0 Å². The zero-order chi connectivity index (χ0) is 48.8. The number of hydrogen-bond donors (Lipinski definition) is 4. The molecule has 2 aromatic heterocycles. The molecule has 0 bridgehead atoms. The fraction of sp³-hybridized carbons (Fsp3) is 0.462. The van der Waals surface area contributed by atoms with Crippen LogP contribution in [0.15, 0.2) is 72.4 Å². The van der Waals surface area contributed by atoms with E-state index in [1.165, 1.54) is 10.4 Å². The molecule has 2 aliphatic rings. The molecule has 1 atom stereocenters. The van der Waals surface area contributed by atoms with Crippen molar-refractivity contribution >= 4 is 58.7 Å². The van der Waals surface area contributed by atoms with Gasteiger partial charge >= 0.3 is 0 Å². The quantitative estimate of drug-likeness (QED) is 0.0417. The van der Waals surface area contributed by atoms with E-state index in [0.29, 0.717) is 62.1 Å². The summed E-state index contributed by atoms with van der Waals surface area (Å²) in [5, 5.41) is 18.8. The van der Waals surface area contributed by atoms with E-state index in [0.717, 1.165) is 109 Å². The average molecular weight is 989 g/mol. The van der Waals surface area contributed by atoms with Gasteiger partial charge in [-0.05, 0) is 85.5 Å². The molecule has 1 saturated heterocycles. The molecule has 1 fully saturated rings. The lowest BCUT2D eigenvalue weighted by Gasteiger charge is -2.15. The number of unbranched alkanes of at least 4 members (excludes halogenated alkanes) is 5. The normalized spacial score (nSPS) is 13.8. The molecular formula is C52H67Cl2N7O6S. The van der Waals surface area contributed by atoms with Gasteiger partial charge in [-0.3, -0.25) is 19.2 Å². The molecule has 0 aliphatic carbocycles. The Morgan fingerprint density at radius 2 is 1.60 bits per heavy atom. The molecule has 7 rings (SSSR count). The van der Waals surface area contributed by atoms with Gasteiger partial charge in [0.2, 0.25) is 24.1 Å². The number of ether oxygens (including phenoxy) is 1. The number of halogens is 2. The summed E-state index contributed by atoms with van der Waals surface area (Å²) in [4.78, 5) is 59.0. The molecule has 13 nitrogen and oxygen atoms in total. The number of carbonyl (C=O) groups is 4. The third-order valence-corrected chi connectivity index (χ3v) is 12.9. The maximum atomic E-state index is 12.8. The molecule has 0 spiro atoms. The molecule has 4 heterocycles. The molecular weight excluding hydrogens is 922 g/mol. The summed E-state index contributed by atoms with van der Waals surface area (Å²) in [7, 11) is 0. The number of nitrogens with zero attached hydrogens (tertiary/aromatic N) is 4. The smallest absolute Gasteiger partial charge is 0.242 e. The van der Waals surface area contributed by atoms with Crippen LogP contribution in [-0.4, -0.2) is 81.0 Å². The molecule has 4 amide bonds. The molecule has 0 radical (unpaired) electrons. The molecule has 2 aliphatic heterocycles. The first-order valence-corrected chi connectivity index (χ1v) is 25.3. The van der Waals surface area contributed by atoms with Gasteiger partial charge in [0.1, 0.15) is 11.6 Å². The summed E-state index contributed by atoms with van der Waals surface area (Å²) in [5.74, 6) is 2.30. The number of imidazole rings is 1. The van der Waals surface area contributed by atoms with Crippen molar-refractivity contribution in [3.63, 3.8) is 0 Å². The summed E-state index contributed by atoms with van der Waals surface area (Å²) in [6.45, 7) is 11.8. The maximum Gasteiger partial charge on any atom is 0.242 e. The summed E-state index contributed by atoms with van der Waals surface area (Å²) in [5.41, 5.74) is 8.78. The molecule has 5 aromatic rings. The minimum Gasteiger partial charge on any atom is -0.493 e. The van der Waals surface area contributed by atoms with Crippen LogP contribution in [0.4, 0.5) is 0 Å². The third-order valence-electron chi connectivity index (χ3n) is 11.2. The lowest BCUT2D eigenvalue weighted by atomic mass is 10.1. The Morgan fingerprint density at radius 1 is 0.882 bits per heavy atom. The first-order chi connectivity index (χ1) is 32.8. The Bertz CT molecular complexity index is 2360. The summed E-state index contributed by atoms with van der Waals surface area (Å²) >= 11 is 13.8. The van der Waals surface area contributed by atoms with Crippen molar-refractivity contribution in [3.8, 4) is 27.4 Å². The van der Waals surface area contributed by atoms with Gasteiger partial charge < -0.3 is 35.3 Å². The number of aromatic nitrogens is 3. The van der Waals surface area contributed by atoms with E-state index >= 15 is 0 Å². The minimum atomic E-state index is -0.457. The lowest BCUT2D eigenvalue weighted by Crippen LogP contribution is -2.39. The highest BCUT2D eigenvalue weighted by atomic mass is 35.5. The van der Waals surface area contributed by atoms with Crippen molar-refractivity contribution in [2.45, 2.75) is 124 Å². The molecule has 1 unspecified atom stereocenters. The Morgan fingerprint density at radius 3 is 2.28 bits per heavy atom. The fourth-order valence-corrected chi connectivity index (χ4v) is 8.77. The standard InChI is InChI=1S/C36H45Cl2N5O5.C12H12N2OS.C4H10/c37-29-12-10-25(18-30(29)38)19-35(46)39-21-27-20-26(31-24-42-15-7-8-33(42)41-31)11-13-32(27)48-17-6-4-2-1-3-5-9-34(45)40-22-36(47)43-16-14-28(44)23-43;1-9-12(16-8-14-9)11-4-2-10(3-5-11)6-13-7-15;1-4(2)3/h10-13,18,20,24,28,44H,1-9,14-17,19,21-23H2,(H,39,46)(H,40,45);2-5,7-8H,6H2,1H3,(H,13,15);4H,1-3H3. The van der Waals surface area contributed by atoms with E-state index in [1.807, 2.05) is 36.7 Å². The highest BCUT2D eigenvalue weighted by molar-refractivity contribution is 7.13. The number of likely N-dealkylation sites (tertiary alicyclic amines) is 1. The molecule has 16 heteroatoms. The van der Waals surface area contributed by atoms with E-state index in [2.05, 4.69) is 70.7 Å². The fourth-order valence-electron chi connectivity index (χ4n) is 7.64. The number of thiazole rings is 1. The van der Waals surface area contributed by atoms with Crippen LogP contribution in [0, 0.1) is 12.8 Å². The van der Waals surface area contributed by atoms with Crippen LogP contribution in [0.2, 0.25) is 10.0 Å². The van der Waals surface area contributed by atoms with Crippen LogP contribution in [-0.2, 0) is 51.7 Å².